The van der Waals surface area contributed by atoms with E-state index in [1.54, 1.807) is 0 Å². The second kappa shape index (κ2) is 9.56. The number of rotatable bonds is 10. The first-order valence-electron chi connectivity index (χ1n) is 7.22. The number of aryl methyl sites for hydroxylation is 1. The molecule has 0 saturated heterocycles. The molecule has 1 rings (SSSR count). The van der Waals surface area contributed by atoms with Gasteiger partial charge in [0.1, 0.15) is 6.04 Å². The molecule has 3 N–H and O–H groups in total. The third-order valence-corrected chi connectivity index (χ3v) is 3.39. The zero-order chi connectivity index (χ0) is 13.9. The third kappa shape index (κ3) is 7.62. The van der Waals surface area contributed by atoms with Gasteiger partial charge in [-0.25, -0.2) is 0 Å². The molecule has 0 spiro atoms. The van der Waals surface area contributed by atoms with Crippen LogP contribution in [0.5, 0.6) is 0 Å². The molecule has 19 heavy (non-hydrogen) atoms. The summed E-state index contributed by atoms with van der Waals surface area (Å²) < 4.78 is 0. The summed E-state index contributed by atoms with van der Waals surface area (Å²) in [6.45, 7) is 0. The van der Waals surface area contributed by atoms with Crippen LogP contribution in [0.4, 0.5) is 0 Å². The van der Waals surface area contributed by atoms with Crippen LogP contribution in [-0.4, -0.2) is 17.1 Å². The molecule has 1 aromatic rings. The second-order valence-corrected chi connectivity index (χ2v) is 5.09. The van der Waals surface area contributed by atoms with Crippen LogP contribution in [0.1, 0.15) is 50.5 Å². The molecule has 0 bridgehead atoms. The molecule has 0 aliphatic heterocycles. The van der Waals surface area contributed by atoms with Crippen LogP contribution >= 0.6 is 0 Å². The highest BCUT2D eigenvalue weighted by molar-refractivity contribution is 5.72. The summed E-state index contributed by atoms with van der Waals surface area (Å²) in [5, 5.41) is 8.64. The molecule has 106 valence electrons. The van der Waals surface area contributed by atoms with Gasteiger partial charge in [-0.1, -0.05) is 62.4 Å². The van der Waals surface area contributed by atoms with Crippen LogP contribution in [0.25, 0.3) is 0 Å². The SMILES string of the molecule is NC(CCCCCCCCc1ccccc1)C(=O)O. The summed E-state index contributed by atoms with van der Waals surface area (Å²) in [6.07, 6.45) is 8.66. The molecule has 0 fully saturated rings. The Bertz CT molecular complexity index is 351. The van der Waals surface area contributed by atoms with Gasteiger partial charge in [-0.05, 0) is 24.8 Å². The van der Waals surface area contributed by atoms with Crippen molar-refractivity contribution in [2.45, 2.75) is 57.4 Å². The van der Waals surface area contributed by atoms with Crippen molar-refractivity contribution in [1.82, 2.24) is 0 Å². The van der Waals surface area contributed by atoms with E-state index in [0.29, 0.717) is 6.42 Å². The minimum Gasteiger partial charge on any atom is -0.480 e. The summed E-state index contributed by atoms with van der Waals surface area (Å²) in [4.78, 5) is 10.5. The van der Waals surface area contributed by atoms with Gasteiger partial charge in [-0.2, -0.15) is 0 Å². The van der Waals surface area contributed by atoms with E-state index < -0.39 is 12.0 Å². The maximum atomic E-state index is 10.5. The highest BCUT2D eigenvalue weighted by Gasteiger charge is 2.09. The molecular weight excluding hydrogens is 238 g/mol. The minimum atomic E-state index is -0.886. The fourth-order valence-corrected chi connectivity index (χ4v) is 2.17. The topological polar surface area (TPSA) is 63.3 Å². The van der Waals surface area contributed by atoms with Gasteiger partial charge in [0.25, 0.3) is 0 Å². The van der Waals surface area contributed by atoms with Crippen LogP contribution in [0, 0.1) is 0 Å². The Hall–Kier alpha value is -1.35. The van der Waals surface area contributed by atoms with Crippen molar-refractivity contribution < 1.29 is 9.90 Å². The van der Waals surface area contributed by atoms with Crippen molar-refractivity contribution in [2.75, 3.05) is 0 Å². The number of hydrogen-bond donors (Lipinski definition) is 2. The minimum absolute atomic E-state index is 0.597. The zero-order valence-electron chi connectivity index (χ0n) is 11.6. The molecule has 1 unspecified atom stereocenters. The molecule has 0 amide bonds. The Morgan fingerprint density at radius 2 is 1.58 bits per heavy atom. The number of benzene rings is 1. The quantitative estimate of drug-likeness (QED) is 0.636. The molecule has 1 atom stereocenters. The summed E-state index contributed by atoms with van der Waals surface area (Å²) in [7, 11) is 0. The van der Waals surface area contributed by atoms with Crippen molar-refractivity contribution >= 4 is 5.97 Å². The van der Waals surface area contributed by atoms with E-state index in [4.69, 9.17) is 10.8 Å². The lowest BCUT2D eigenvalue weighted by Gasteiger charge is -2.05. The first-order chi connectivity index (χ1) is 9.20. The summed E-state index contributed by atoms with van der Waals surface area (Å²) >= 11 is 0. The summed E-state index contributed by atoms with van der Waals surface area (Å²) in [5.41, 5.74) is 6.86. The lowest BCUT2D eigenvalue weighted by atomic mass is 10.0. The number of aliphatic carboxylic acids is 1. The van der Waals surface area contributed by atoms with E-state index in [1.807, 2.05) is 6.07 Å². The van der Waals surface area contributed by atoms with E-state index in [-0.39, 0.29) is 0 Å². The van der Waals surface area contributed by atoms with E-state index in [9.17, 15) is 4.79 Å². The van der Waals surface area contributed by atoms with E-state index >= 15 is 0 Å². The molecule has 3 heteroatoms. The molecule has 0 heterocycles. The summed E-state index contributed by atoms with van der Waals surface area (Å²) in [6, 6.07) is 9.88. The molecule has 0 radical (unpaired) electrons. The van der Waals surface area contributed by atoms with Crippen LogP contribution in [0.3, 0.4) is 0 Å². The standard InChI is InChI=1S/C16H25NO2/c17-15(16(18)19)13-9-4-2-1-3-6-10-14-11-7-5-8-12-14/h5,7-8,11-12,15H,1-4,6,9-10,13,17H2,(H,18,19). The Morgan fingerprint density at radius 3 is 2.21 bits per heavy atom. The molecule has 0 saturated carbocycles. The fraction of sp³-hybridized carbons (Fsp3) is 0.562. The van der Waals surface area contributed by atoms with Crippen LogP contribution < -0.4 is 5.73 Å². The predicted molar refractivity (Wildman–Crippen MR) is 78.1 cm³/mol. The summed E-state index contributed by atoms with van der Waals surface area (Å²) in [5.74, 6) is -0.886. The van der Waals surface area contributed by atoms with Gasteiger partial charge < -0.3 is 10.8 Å². The Morgan fingerprint density at radius 1 is 1.00 bits per heavy atom. The van der Waals surface area contributed by atoms with Crippen LogP contribution in [0.15, 0.2) is 30.3 Å². The average molecular weight is 263 g/mol. The third-order valence-electron chi connectivity index (χ3n) is 3.39. The highest BCUT2D eigenvalue weighted by Crippen LogP contribution is 2.11. The number of nitrogens with two attached hydrogens (primary N) is 1. The number of carboxylic acid groups (broad SMARTS) is 1. The Balaban J connectivity index is 1.90. The molecule has 1 aromatic carbocycles. The molecule has 3 nitrogen and oxygen atoms in total. The molecule has 0 aliphatic carbocycles. The van der Waals surface area contributed by atoms with Crippen molar-refractivity contribution in [3.63, 3.8) is 0 Å². The molecule has 0 aliphatic rings. The van der Waals surface area contributed by atoms with E-state index in [2.05, 4.69) is 24.3 Å². The fourth-order valence-electron chi connectivity index (χ4n) is 2.17. The first kappa shape index (κ1) is 15.7. The number of carbonyl (C=O) groups is 1. The second-order valence-electron chi connectivity index (χ2n) is 5.09. The van der Waals surface area contributed by atoms with Gasteiger partial charge in [0.15, 0.2) is 0 Å². The van der Waals surface area contributed by atoms with Gasteiger partial charge in [-0.3, -0.25) is 4.79 Å². The van der Waals surface area contributed by atoms with Crippen LogP contribution in [0.2, 0.25) is 0 Å². The van der Waals surface area contributed by atoms with Crippen molar-refractivity contribution in [3.05, 3.63) is 35.9 Å². The molecular formula is C16H25NO2. The smallest absolute Gasteiger partial charge is 0.320 e. The normalized spacial score (nSPS) is 12.3. The Labute approximate surface area is 115 Å². The lowest BCUT2D eigenvalue weighted by Crippen LogP contribution is -2.29. The maximum Gasteiger partial charge on any atom is 0.320 e. The Kier molecular flexibility index (Phi) is 7.91. The van der Waals surface area contributed by atoms with Gasteiger partial charge in [0, 0.05) is 0 Å². The van der Waals surface area contributed by atoms with Gasteiger partial charge in [0.05, 0.1) is 0 Å². The van der Waals surface area contributed by atoms with Crippen LogP contribution in [-0.2, 0) is 11.2 Å². The lowest BCUT2D eigenvalue weighted by molar-refractivity contribution is -0.138. The largest absolute Gasteiger partial charge is 0.480 e. The van der Waals surface area contributed by atoms with E-state index in [0.717, 1.165) is 19.3 Å². The van der Waals surface area contributed by atoms with Gasteiger partial charge >= 0.3 is 5.97 Å². The van der Waals surface area contributed by atoms with Crippen molar-refractivity contribution in [1.29, 1.82) is 0 Å². The van der Waals surface area contributed by atoms with Gasteiger partial charge in [0.2, 0.25) is 0 Å². The van der Waals surface area contributed by atoms with E-state index in [1.165, 1.54) is 31.2 Å². The van der Waals surface area contributed by atoms with Crippen molar-refractivity contribution in [2.24, 2.45) is 5.73 Å². The monoisotopic (exact) mass is 263 g/mol. The average Bonchev–Trinajstić information content (AvgIpc) is 2.42. The highest BCUT2D eigenvalue weighted by atomic mass is 16.4. The number of carboxylic acids is 1. The number of unbranched alkanes of at least 4 members (excludes halogenated alkanes) is 5. The molecule has 0 aromatic heterocycles. The zero-order valence-corrected chi connectivity index (χ0v) is 11.6. The van der Waals surface area contributed by atoms with Gasteiger partial charge in [-0.15, -0.1) is 0 Å². The first-order valence-corrected chi connectivity index (χ1v) is 7.22. The van der Waals surface area contributed by atoms with Crippen molar-refractivity contribution in [3.8, 4) is 0 Å². The maximum absolute atomic E-state index is 10.5. The number of hydrogen-bond acceptors (Lipinski definition) is 2. The predicted octanol–water partition coefficient (Wildman–Crippen LogP) is 3.37.